The number of pyridine rings is 1. The Hall–Kier alpha value is -7.43. The summed E-state index contributed by atoms with van der Waals surface area (Å²) in [5.41, 5.74) is -5.92. The number of ether oxygens (including phenoxy) is 1. The van der Waals surface area contributed by atoms with Crippen LogP contribution in [0.1, 0.15) is 44.3 Å². The van der Waals surface area contributed by atoms with Crippen molar-refractivity contribution in [2.24, 2.45) is 0 Å². The third-order valence-corrected chi connectivity index (χ3v) is 16.8. The molecule has 1 aliphatic rings. The van der Waals surface area contributed by atoms with E-state index < -0.39 is 91.8 Å². The van der Waals surface area contributed by atoms with E-state index in [2.05, 4.69) is 20.9 Å². The van der Waals surface area contributed by atoms with Crippen molar-refractivity contribution >= 4 is 67.7 Å². The van der Waals surface area contributed by atoms with Crippen LogP contribution in [0.2, 0.25) is 5.02 Å². The fourth-order valence-corrected chi connectivity index (χ4v) is 12.0. The van der Waals surface area contributed by atoms with E-state index in [1.54, 1.807) is 42.5 Å². The van der Waals surface area contributed by atoms with Gasteiger partial charge in [-0.1, -0.05) is 65.3 Å². The summed E-state index contributed by atoms with van der Waals surface area (Å²) in [7, 11) is -3.89. The van der Waals surface area contributed by atoms with Crippen molar-refractivity contribution in [1.82, 2.24) is 15.6 Å². The van der Waals surface area contributed by atoms with Crippen LogP contribution in [0.15, 0.2) is 160 Å². The number of nitrogens with zero attached hydrogens (tertiary/aromatic N) is 4. The molecule has 0 bridgehead atoms. The van der Waals surface area contributed by atoms with E-state index >= 15 is 0 Å². The molecule has 28 heteroatoms. The molecule has 8 rings (SSSR count). The standard InChI is InChI=1S/C57H50ClF12N7O6S2/c1-33-7-19-49(34(2)25-33)84-50-20-15-40(77(51(78)30-74-37-10-18-45(58)44(27-37)55(62,63)64)39-13-16-41(17-14-39)83-42-21-22-72-46(29-42)52(79)71-3)28-48(50)75-24-23-73-47(31-75)35-5-4-6-43(26-35)85(81,82)76(32-53(59,60)61)38-11-8-36(9-12-38)54(80,56(65,66)67)57(68,69)70/h4-22,25-29,47,51,73-74,78,80H,23-24,30-32H2,1-3H3,(H,71,79). The zero-order valence-electron chi connectivity index (χ0n) is 44.6. The van der Waals surface area contributed by atoms with E-state index in [1.807, 2.05) is 36.9 Å². The summed E-state index contributed by atoms with van der Waals surface area (Å²) in [5.74, 6) is 0.104. The Morgan fingerprint density at radius 1 is 0.800 bits per heavy atom. The first-order chi connectivity index (χ1) is 39.8. The lowest BCUT2D eigenvalue weighted by Gasteiger charge is -2.38. The van der Waals surface area contributed by atoms with Crippen LogP contribution >= 0.6 is 23.4 Å². The summed E-state index contributed by atoms with van der Waals surface area (Å²) in [5, 5.41) is 30.2. The van der Waals surface area contributed by atoms with Crippen LogP contribution in [0.4, 0.5) is 81.1 Å². The highest BCUT2D eigenvalue weighted by Gasteiger charge is 2.71. The normalized spacial score (nSPS) is 14.8. The highest BCUT2D eigenvalue weighted by molar-refractivity contribution is 7.99. The summed E-state index contributed by atoms with van der Waals surface area (Å²) in [4.78, 5) is 20.6. The van der Waals surface area contributed by atoms with Crippen molar-refractivity contribution in [1.29, 1.82) is 0 Å². The number of aliphatic hydroxyl groups is 2. The van der Waals surface area contributed by atoms with Crippen molar-refractivity contribution in [3.8, 4) is 11.5 Å². The Bertz CT molecular complexity index is 3640. The molecule has 1 amide bonds. The molecule has 13 nitrogen and oxygen atoms in total. The average Bonchev–Trinajstić information content (AvgIpc) is 3.27. The molecule has 2 heterocycles. The van der Waals surface area contributed by atoms with Crippen molar-refractivity contribution in [3.63, 3.8) is 0 Å². The summed E-state index contributed by atoms with van der Waals surface area (Å²) < 4.78 is 201. The first-order valence-electron chi connectivity index (χ1n) is 25.3. The van der Waals surface area contributed by atoms with Crippen LogP contribution in [0.3, 0.4) is 0 Å². The minimum Gasteiger partial charge on any atom is -0.457 e. The first kappa shape index (κ1) is 63.6. The van der Waals surface area contributed by atoms with Gasteiger partial charge in [0.05, 0.1) is 33.4 Å². The number of benzene rings is 6. The zero-order chi connectivity index (χ0) is 62.0. The number of halogens is 13. The number of hydrogen-bond acceptors (Lipinski definition) is 12. The number of aliphatic hydroxyl groups excluding tert-OH is 1. The van der Waals surface area contributed by atoms with Gasteiger partial charge in [-0.25, -0.2) is 8.42 Å². The average molecular weight is 1260 g/mol. The molecule has 0 spiro atoms. The van der Waals surface area contributed by atoms with Crippen LogP contribution in [0, 0.1) is 13.8 Å². The van der Waals surface area contributed by atoms with E-state index in [-0.39, 0.29) is 77.4 Å². The van der Waals surface area contributed by atoms with Gasteiger partial charge in [-0.3, -0.25) is 14.1 Å². The number of hydrogen-bond donors (Lipinski definition) is 5. The lowest BCUT2D eigenvalue weighted by Crippen LogP contribution is -2.53. The number of piperazine rings is 1. The Labute approximate surface area is 488 Å². The van der Waals surface area contributed by atoms with Crippen molar-refractivity contribution in [3.05, 3.63) is 184 Å². The Kier molecular flexibility index (Phi) is 18.6. The lowest BCUT2D eigenvalue weighted by molar-refractivity contribution is -0.376. The molecule has 1 fully saturated rings. The third-order valence-electron chi connectivity index (χ3n) is 13.5. The second-order valence-electron chi connectivity index (χ2n) is 19.4. The smallest absolute Gasteiger partial charge is 0.430 e. The number of amides is 1. The van der Waals surface area contributed by atoms with Gasteiger partial charge in [0.15, 0.2) is 0 Å². The van der Waals surface area contributed by atoms with E-state index in [0.717, 1.165) is 40.3 Å². The highest BCUT2D eigenvalue weighted by Crippen LogP contribution is 2.51. The predicted molar refractivity (Wildman–Crippen MR) is 296 cm³/mol. The monoisotopic (exact) mass is 1260 g/mol. The van der Waals surface area contributed by atoms with Gasteiger partial charge in [-0.15, -0.1) is 0 Å². The zero-order valence-corrected chi connectivity index (χ0v) is 47.0. The van der Waals surface area contributed by atoms with Crippen molar-refractivity contribution < 1.29 is 80.8 Å². The second kappa shape index (κ2) is 24.9. The number of rotatable bonds is 18. The molecular formula is C57H50ClF12N7O6S2. The van der Waals surface area contributed by atoms with Gasteiger partial charge in [0.25, 0.3) is 21.5 Å². The molecule has 0 aliphatic carbocycles. The quantitative estimate of drug-likeness (QED) is 0.0409. The minimum absolute atomic E-state index is 0.0211. The first-order valence-corrected chi connectivity index (χ1v) is 28.0. The second-order valence-corrected chi connectivity index (χ2v) is 22.8. The number of carbonyl (C=O) groups is 1. The molecule has 5 N–H and O–H groups in total. The number of sulfonamides is 1. The molecule has 6 aromatic carbocycles. The molecule has 85 heavy (non-hydrogen) atoms. The summed E-state index contributed by atoms with van der Waals surface area (Å²) in [6, 6.07) is 28.2. The molecular weight excluding hydrogens is 1210 g/mol. The minimum atomic E-state index is -6.34. The maximum atomic E-state index is 14.3. The van der Waals surface area contributed by atoms with Gasteiger partial charge in [-0.05, 0) is 122 Å². The van der Waals surface area contributed by atoms with Crippen LogP contribution in [0.5, 0.6) is 11.5 Å². The van der Waals surface area contributed by atoms with E-state index in [1.165, 1.54) is 60.2 Å². The topological polar surface area (TPSA) is 160 Å². The highest BCUT2D eigenvalue weighted by atomic mass is 35.5. The number of nitrogens with one attached hydrogen (secondary N) is 3. The maximum absolute atomic E-state index is 14.3. The Morgan fingerprint density at radius 3 is 2.09 bits per heavy atom. The lowest BCUT2D eigenvalue weighted by atomic mass is 9.92. The number of aromatic nitrogens is 1. The van der Waals surface area contributed by atoms with Gasteiger partial charge in [0.2, 0.25) is 0 Å². The number of alkyl halides is 12. The van der Waals surface area contributed by atoms with Crippen molar-refractivity contribution in [2.75, 3.05) is 59.2 Å². The Balaban J connectivity index is 1.16. The van der Waals surface area contributed by atoms with E-state index in [9.17, 15) is 76.1 Å². The van der Waals surface area contributed by atoms with Crippen LogP contribution < -0.4 is 34.8 Å². The molecule has 452 valence electrons. The molecule has 1 aliphatic heterocycles. The predicted octanol–water partition coefficient (Wildman–Crippen LogP) is 13.5. The van der Waals surface area contributed by atoms with Crippen LogP contribution in [-0.2, 0) is 21.8 Å². The molecule has 1 saturated heterocycles. The summed E-state index contributed by atoms with van der Waals surface area (Å²) in [6.45, 7) is 1.77. The number of anilines is 5. The summed E-state index contributed by atoms with van der Waals surface area (Å²) in [6.07, 6.45) is -22.9. The molecule has 7 aromatic rings. The fourth-order valence-electron chi connectivity index (χ4n) is 9.25. The summed E-state index contributed by atoms with van der Waals surface area (Å²) >= 11 is 7.29. The fraction of sp³-hybridized carbons (Fsp3) is 0.263. The van der Waals surface area contributed by atoms with Gasteiger partial charge in [-0.2, -0.15) is 52.7 Å². The van der Waals surface area contributed by atoms with E-state index in [0.29, 0.717) is 27.7 Å². The van der Waals surface area contributed by atoms with Crippen molar-refractivity contribution in [2.45, 2.75) is 71.1 Å². The van der Waals surface area contributed by atoms with Gasteiger partial charge >= 0.3 is 24.7 Å². The van der Waals surface area contributed by atoms with Gasteiger partial charge in [0, 0.05) is 77.4 Å². The SMILES string of the molecule is CNC(=O)c1cc(Oc2ccc(N(c3ccc(Sc4ccc(C)cc4C)c(N4CCNC(c5cccc(S(=O)(=O)N(CC(F)(F)F)c6ccc(C(O)(C(F)(F)F)C(F)(F)F)cc6)c5)C4)c3)C(O)CNc3ccc(Cl)c(C(F)(F)F)c3)cc2)ccn1. The van der Waals surface area contributed by atoms with Gasteiger partial charge in [0.1, 0.15) is 30.0 Å². The largest absolute Gasteiger partial charge is 0.457 e. The number of aryl methyl sites for hydroxylation is 2. The van der Waals surface area contributed by atoms with E-state index in [4.69, 9.17) is 16.3 Å². The van der Waals surface area contributed by atoms with Crippen LogP contribution in [0.25, 0.3) is 0 Å². The molecule has 2 atom stereocenters. The Morgan fingerprint density at radius 2 is 1.46 bits per heavy atom. The maximum Gasteiger partial charge on any atom is 0.430 e. The van der Waals surface area contributed by atoms with Crippen LogP contribution in [-0.4, -0.2) is 94.1 Å². The molecule has 0 saturated carbocycles. The molecule has 2 unspecified atom stereocenters. The van der Waals surface area contributed by atoms with Gasteiger partial charge < -0.3 is 40.7 Å². The molecule has 0 radical (unpaired) electrons. The molecule has 1 aromatic heterocycles. The third kappa shape index (κ3) is 14.5. The number of carbonyl (C=O) groups excluding carboxylic acids is 1.